The molecule has 2 N–H and O–H groups in total. The number of fused-ring (bicyclic) bond motifs is 1. The van der Waals surface area contributed by atoms with Crippen molar-refractivity contribution in [1.29, 1.82) is 0 Å². The number of thioether (sulfide) groups is 1. The molecule has 0 bridgehead atoms. The van der Waals surface area contributed by atoms with Gasteiger partial charge in [-0.25, -0.2) is 14.6 Å². The lowest BCUT2D eigenvalue weighted by molar-refractivity contribution is -0.125. The van der Waals surface area contributed by atoms with Gasteiger partial charge in [-0.2, -0.15) is 5.10 Å². The number of nitrogens with one attached hydrogen (secondary N) is 2. The molecule has 1 aliphatic carbocycles. The van der Waals surface area contributed by atoms with Gasteiger partial charge in [-0.15, -0.1) is 0 Å². The Morgan fingerprint density at radius 1 is 1.27 bits per heavy atom. The highest BCUT2D eigenvalue weighted by Crippen LogP contribution is 2.24. The van der Waals surface area contributed by atoms with Crippen LogP contribution in [-0.2, 0) is 11.3 Å². The second-order valence-electron chi connectivity index (χ2n) is 6.72. The Labute approximate surface area is 158 Å². The van der Waals surface area contributed by atoms with E-state index in [0.29, 0.717) is 13.1 Å². The summed E-state index contributed by atoms with van der Waals surface area (Å²) >= 11 is 1.52. The molecule has 2 heterocycles. The van der Waals surface area contributed by atoms with Crippen LogP contribution in [0, 0.1) is 5.92 Å². The number of hydrogen-bond donors (Lipinski definition) is 2. The zero-order valence-electron chi connectivity index (χ0n) is 15.6. The van der Waals surface area contributed by atoms with Crippen molar-refractivity contribution in [3.05, 3.63) is 6.20 Å². The molecule has 0 spiro atoms. The van der Waals surface area contributed by atoms with Gasteiger partial charge >= 0.3 is 0 Å². The Kier molecular flexibility index (Phi) is 6.71. The first-order chi connectivity index (χ1) is 12.7. The molecule has 3 rings (SSSR count). The van der Waals surface area contributed by atoms with Crippen LogP contribution in [0.1, 0.15) is 45.4 Å². The number of carbonyl (C=O) groups is 1. The van der Waals surface area contributed by atoms with Crippen molar-refractivity contribution >= 4 is 34.5 Å². The third-order valence-corrected chi connectivity index (χ3v) is 5.35. The van der Waals surface area contributed by atoms with E-state index in [-0.39, 0.29) is 11.8 Å². The molecule has 0 saturated heterocycles. The lowest BCUT2D eigenvalue weighted by atomic mass is 9.89. The van der Waals surface area contributed by atoms with E-state index in [1.807, 2.05) is 10.9 Å². The van der Waals surface area contributed by atoms with E-state index >= 15 is 0 Å². The summed E-state index contributed by atoms with van der Waals surface area (Å²) in [5, 5.41) is 12.5. The predicted octanol–water partition coefficient (Wildman–Crippen LogP) is 3.07. The first kappa shape index (κ1) is 18.9. The summed E-state index contributed by atoms with van der Waals surface area (Å²) < 4.78 is 1.86. The van der Waals surface area contributed by atoms with Crippen LogP contribution in [0.25, 0.3) is 11.0 Å². The van der Waals surface area contributed by atoms with Crippen LogP contribution in [0.5, 0.6) is 0 Å². The number of nitrogens with zero attached hydrogens (tertiary/aromatic N) is 4. The fourth-order valence-electron chi connectivity index (χ4n) is 3.36. The first-order valence-corrected chi connectivity index (χ1v) is 10.7. The summed E-state index contributed by atoms with van der Waals surface area (Å²) in [5.41, 5.74) is 0.815. The van der Waals surface area contributed by atoms with E-state index in [1.54, 1.807) is 6.20 Å². The minimum Gasteiger partial charge on any atom is -0.369 e. The fraction of sp³-hybridized carbons (Fsp3) is 0.667. The van der Waals surface area contributed by atoms with Crippen LogP contribution >= 0.6 is 11.8 Å². The predicted molar refractivity (Wildman–Crippen MR) is 105 cm³/mol. The molecule has 26 heavy (non-hydrogen) atoms. The quantitative estimate of drug-likeness (QED) is 0.544. The van der Waals surface area contributed by atoms with Crippen LogP contribution in [0.3, 0.4) is 0 Å². The molecular formula is C18H28N6OS. The number of carbonyl (C=O) groups excluding carboxylic acids is 1. The topological polar surface area (TPSA) is 84.7 Å². The molecule has 2 aromatic rings. The average molecular weight is 377 g/mol. The normalized spacial score (nSPS) is 15.3. The molecule has 1 aliphatic rings. The maximum atomic E-state index is 12.3. The van der Waals surface area contributed by atoms with E-state index in [2.05, 4.69) is 32.6 Å². The molecule has 0 unspecified atom stereocenters. The summed E-state index contributed by atoms with van der Waals surface area (Å²) in [6.07, 6.45) is 10.4. The van der Waals surface area contributed by atoms with Gasteiger partial charge in [0, 0.05) is 19.0 Å². The summed E-state index contributed by atoms with van der Waals surface area (Å²) in [7, 11) is 0. The van der Waals surface area contributed by atoms with Gasteiger partial charge in [0.15, 0.2) is 10.8 Å². The van der Waals surface area contributed by atoms with Gasteiger partial charge in [0.05, 0.1) is 18.1 Å². The van der Waals surface area contributed by atoms with Crippen molar-refractivity contribution in [3.63, 3.8) is 0 Å². The highest BCUT2D eigenvalue weighted by atomic mass is 32.2. The SMILES string of the molecule is CCCNc1nc(SC)nc2c1cnn2CCNC(=O)C1CCCCC1. The third kappa shape index (κ3) is 4.47. The minimum absolute atomic E-state index is 0.186. The second-order valence-corrected chi connectivity index (χ2v) is 7.49. The summed E-state index contributed by atoms with van der Waals surface area (Å²) in [6, 6.07) is 0. The molecule has 0 aliphatic heterocycles. The minimum atomic E-state index is 0.186. The lowest BCUT2D eigenvalue weighted by Gasteiger charge is -2.20. The summed E-state index contributed by atoms with van der Waals surface area (Å²) in [4.78, 5) is 21.5. The molecule has 7 nitrogen and oxygen atoms in total. The van der Waals surface area contributed by atoms with Gasteiger partial charge < -0.3 is 10.6 Å². The van der Waals surface area contributed by atoms with Crippen LogP contribution in [0.4, 0.5) is 5.82 Å². The maximum Gasteiger partial charge on any atom is 0.223 e. The van der Waals surface area contributed by atoms with Gasteiger partial charge in [0.1, 0.15) is 5.82 Å². The van der Waals surface area contributed by atoms with Crippen molar-refractivity contribution in [3.8, 4) is 0 Å². The Hall–Kier alpha value is -1.83. The van der Waals surface area contributed by atoms with Crippen molar-refractivity contribution in [2.75, 3.05) is 24.7 Å². The van der Waals surface area contributed by atoms with Gasteiger partial charge in [0.25, 0.3) is 0 Å². The van der Waals surface area contributed by atoms with E-state index in [1.165, 1.54) is 31.0 Å². The molecule has 0 radical (unpaired) electrons. The van der Waals surface area contributed by atoms with E-state index in [0.717, 1.165) is 47.8 Å². The standard InChI is InChI=1S/C18H28N6OS/c1-3-9-19-15-14-12-21-24(16(14)23-18(22-15)26-2)11-10-20-17(25)13-7-5-4-6-8-13/h12-13H,3-11H2,1-2H3,(H,20,25)(H,19,22,23). The highest BCUT2D eigenvalue weighted by molar-refractivity contribution is 7.98. The molecular weight excluding hydrogens is 348 g/mol. The molecule has 1 amide bonds. The van der Waals surface area contributed by atoms with Gasteiger partial charge in [-0.3, -0.25) is 4.79 Å². The lowest BCUT2D eigenvalue weighted by Crippen LogP contribution is -2.34. The van der Waals surface area contributed by atoms with E-state index in [9.17, 15) is 4.79 Å². The Bertz CT molecular complexity index is 741. The number of aromatic nitrogens is 4. The molecule has 0 aromatic carbocycles. The van der Waals surface area contributed by atoms with Crippen molar-refractivity contribution in [1.82, 2.24) is 25.1 Å². The maximum absolute atomic E-state index is 12.3. The monoisotopic (exact) mass is 376 g/mol. The Balaban J connectivity index is 1.66. The largest absolute Gasteiger partial charge is 0.369 e. The number of anilines is 1. The Morgan fingerprint density at radius 2 is 2.08 bits per heavy atom. The third-order valence-electron chi connectivity index (χ3n) is 4.80. The molecule has 1 saturated carbocycles. The average Bonchev–Trinajstić information content (AvgIpc) is 3.09. The van der Waals surface area contributed by atoms with E-state index < -0.39 is 0 Å². The number of hydrogen-bond acceptors (Lipinski definition) is 6. The van der Waals surface area contributed by atoms with Crippen LogP contribution in [0.2, 0.25) is 0 Å². The zero-order chi connectivity index (χ0) is 18.4. The smallest absolute Gasteiger partial charge is 0.223 e. The van der Waals surface area contributed by atoms with Crippen LogP contribution in [-0.4, -0.2) is 45.0 Å². The first-order valence-electron chi connectivity index (χ1n) is 9.52. The summed E-state index contributed by atoms with van der Waals surface area (Å²) in [6.45, 7) is 4.17. The van der Waals surface area contributed by atoms with Gasteiger partial charge in [0.2, 0.25) is 5.91 Å². The molecule has 2 aromatic heterocycles. The molecule has 1 fully saturated rings. The van der Waals surface area contributed by atoms with Crippen LogP contribution in [0.15, 0.2) is 11.4 Å². The zero-order valence-corrected chi connectivity index (χ0v) is 16.4. The van der Waals surface area contributed by atoms with Crippen molar-refractivity contribution in [2.24, 2.45) is 5.92 Å². The number of rotatable bonds is 8. The molecule has 0 atom stereocenters. The van der Waals surface area contributed by atoms with E-state index in [4.69, 9.17) is 0 Å². The van der Waals surface area contributed by atoms with Gasteiger partial charge in [-0.1, -0.05) is 37.9 Å². The van der Waals surface area contributed by atoms with Crippen molar-refractivity contribution < 1.29 is 4.79 Å². The molecule has 142 valence electrons. The van der Waals surface area contributed by atoms with Crippen molar-refractivity contribution in [2.45, 2.75) is 57.1 Å². The number of amides is 1. The van der Waals surface area contributed by atoms with Gasteiger partial charge in [-0.05, 0) is 25.5 Å². The second kappa shape index (κ2) is 9.21. The highest BCUT2D eigenvalue weighted by Gasteiger charge is 2.20. The van der Waals surface area contributed by atoms with Crippen LogP contribution < -0.4 is 10.6 Å². The molecule has 8 heteroatoms. The summed E-state index contributed by atoms with van der Waals surface area (Å²) in [5.74, 6) is 1.21. The Morgan fingerprint density at radius 3 is 2.81 bits per heavy atom. The fourth-order valence-corrected chi connectivity index (χ4v) is 3.72.